The van der Waals surface area contributed by atoms with Crippen molar-refractivity contribution >= 4 is 5.91 Å². The monoisotopic (exact) mass is 348 g/mol. The molecule has 0 aromatic carbocycles. The Labute approximate surface area is 141 Å². The second-order valence-corrected chi connectivity index (χ2v) is 7.48. The van der Waals surface area contributed by atoms with Crippen molar-refractivity contribution in [2.24, 2.45) is 17.8 Å². The van der Waals surface area contributed by atoms with E-state index < -0.39 is 18.0 Å². The molecule has 0 bridgehead atoms. The summed E-state index contributed by atoms with van der Waals surface area (Å²) in [5.74, 6) is -2.33. The standard InChI is InChI=1S/C17H27F3N2O2/c1-12-10-22(11-15(12)21-6-8-24-9-7-21)16(23)13-4-2-3-5-14(13)17(18,19)20/h12-15H,2-11H2,1H3. The summed E-state index contributed by atoms with van der Waals surface area (Å²) in [6, 6.07) is 0.241. The highest BCUT2D eigenvalue weighted by Crippen LogP contribution is 2.42. The SMILES string of the molecule is CC1CN(C(=O)C2CCCCC2C(F)(F)F)CC1N1CCOCC1. The van der Waals surface area contributed by atoms with Crippen molar-refractivity contribution in [3.8, 4) is 0 Å². The number of halogens is 3. The van der Waals surface area contributed by atoms with Crippen LogP contribution in [0.15, 0.2) is 0 Å². The van der Waals surface area contributed by atoms with Crippen LogP contribution in [0, 0.1) is 17.8 Å². The van der Waals surface area contributed by atoms with E-state index in [0.29, 0.717) is 45.1 Å². The summed E-state index contributed by atoms with van der Waals surface area (Å²) in [7, 11) is 0. The van der Waals surface area contributed by atoms with E-state index in [4.69, 9.17) is 4.74 Å². The molecule has 4 nitrogen and oxygen atoms in total. The van der Waals surface area contributed by atoms with Crippen LogP contribution in [-0.4, -0.2) is 67.3 Å². The van der Waals surface area contributed by atoms with E-state index in [1.165, 1.54) is 0 Å². The minimum atomic E-state index is -4.27. The van der Waals surface area contributed by atoms with E-state index in [9.17, 15) is 18.0 Å². The van der Waals surface area contributed by atoms with Gasteiger partial charge in [-0.25, -0.2) is 0 Å². The number of carbonyl (C=O) groups excluding carboxylic acids is 1. The molecule has 0 aromatic rings. The summed E-state index contributed by atoms with van der Waals surface area (Å²) in [6.45, 7) is 6.28. The molecular formula is C17H27F3N2O2. The Kier molecular flexibility index (Phi) is 5.39. The van der Waals surface area contributed by atoms with Crippen LogP contribution < -0.4 is 0 Å². The molecule has 4 atom stereocenters. The van der Waals surface area contributed by atoms with Gasteiger partial charge in [0.15, 0.2) is 0 Å². The fourth-order valence-corrected chi connectivity index (χ4v) is 4.57. The first-order valence-corrected chi connectivity index (χ1v) is 9.05. The number of amides is 1. The van der Waals surface area contributed by atoms with Gasteiger partial charge in [-0.3, -0.25) is 9.69 Å². The maximum absolute atomic E-state index is 13.3. The number of ether oxygens (including phenoxy) is 1. The summed E-state index contributed by atoms with van der Waals surface area (Å²) >= 11 is 0. The lowest BCUT2D eigenvalue weighted by Crippen LogP contribution is -2.48. The highest BCUT2D eigenvalue weighted by molar-refractivity contribution is 5.79. The zero-order valence-corrected chi connectivity index (χ0v) is 14.2. The van der Waals surface area contributed by atoms with Gasteiger partial charge in [-0.05, 0) is 18.8 Å². The molecule has 2 aliphatic heterocycles. The van der Waals surface area contributed by atoms with Gasteiger partial charge in [-0.2, -0.15) is 13.2 Å². The molecule has 2 saturated heterocycles. The van der Waals surface area contributed by atoms with Crippen molar-refractivity contribution in [2.45, 2.75) is 44.8 Å². The van der Waals surface area contributed by atoms with Gasteiger partial charge in [0.1, 0.15) is 0 Å². The number of rotatable bonds is 2. The molecule has 3 aliphatic rings. The predicted molar refractivity (Wildman–Crippen MR) is 83.4 cm³/mol. The number of hydrogen-bond donors (Lipinski definition) is 0. The second kappa shape index (κ2) is 7.20. The summed E-state index contributed by atoms with van der Waals surface area (Å²) in [4.78, 5) is 16.8. The third kappa shape index (κ3) is 3.72. The Morgan fingerprint density at radius 1 is 1.08 bits per heavy atom. The maximum atomic E-state index is 13.3. The van der Waals surface area contributed by atoms with Gasteiger partial charge >= 0.3 is 6.18 Å². The third-order valence-electron chi connectivity index (χ3n) is 5.90. The summed E-state index contributed by atoms with van der Waals surface area (Å²) < 4.78 is 45.2. The molecule has 0 aromatic heterocycles. The van der Waals surface area contributed by atoms with Crippen molar-refractivity contribution in [3.05, 3.63) is 0 Å². The van der Waals surface area contributed by atoms with E-state index in [2.05, 4.69) is 11.8 Å². The number of likely N-dealkylation sites (tertiary alicyclic amines) is 1. The zero-order chi connectivity index (χ0) is 17.3. The number of alkyl halides is 3. The molecule has 2 heterocycles. The van der Waals surface area contributed by atoms with Crippen molar-refractivity contribution in [3.63, 3.8) is 0 Å². The fourth-order valence-electron chi connectivity index (χ4n) is 4.57. The first-order chi connectivity index (χ1) is 11.4. The van der Waals surface area contributed by atoms with Crippen molar-refractivity contribution in [1.82, 2.24) is 9.80 Å². The summed E-state index contributed by atoms with van der Waals surface area (Å²) in [5, 5.41) is 0. The maximum Gasteiger partial charge on any atom is 0.392 e. The van der Waals surface area contributed by atoms with Gasteiger partial charge in [0, 0.05) is 38.1 Å². The average molecular weight is 348 g/mol. The average Bonchev–Trinajstić information content (AvgIpc) is 2.96. The Bertz CT molecular complexity index is 452. The van der Waals surface area contributed by atoms with Crippen molar-refractivity contribution in [1.29, 1.82) is 0 Å². The zero-order valence-electron chi connectivity index (χ0n) is 14.2. The second-order valence-electron chi connectivity index (χ2n) is 7.48. The highest BCUT2D eigenvalue weighted by atomic mass is 19.4. The van der Waals surface area contributed by atoms with Crippen molar-refractivity contribution < 1.29 is 22.7 Å². The summed E-state index contributed by atoms with van der Waals surface area (Å²) in [5.41, 5.74) is 0. The van der Waals surface area contributed by atoms with Crippen LogP contribution in [-0.2, 0) is 9.53 Å². The molecule has 3 fully saturated rings. The van der Waals surface area contributed by atoms with E-state index >= 15 is 0 Å². The molecule has 1 saturated carbocycles. The lowest BCUT2D eigenvalue weighted by molar-refractivity contribution is -0.200. The number of nitrogens with zero attached hydrogens (tertiary/aromatic N) is 2. The molecule has 138 valence electrons. The first kappa shape index (κ1) is 18.0. The molecule has 0 radical (unpaired) electrons. The topological polar surface area (TPSA) is 32.8 Å². The van der Waals surface area contributed by atoms with E-state index in [1.807, 2.05) is 0 Å². The van der Waals surface area contributed by atoms with Gasteiger partial charge < -0.3 is 9.64 Å². The molecule has 24 heavy (non-hydrogen) atoms. The summed E-state index contributed by atoms with van der Waals surface area (Å²) in [6.07, 6.45) is -2.51. The molecular weight excluding hydrogens is 321 g/mol. The first-order valence-electron chi connectivity index (χ1n) is 9.05. The molecule has 3 rings (SSSR count). The molecule has 7 heteroatoms. The molecule has 1 aliphatic carbocycles. The van der Waals surface area contributed by atoms with E-state index in [0.717, 1.165) is 19.5 Å². The Morgan fingerprint density at radius 3 is 2.42 bits per heavy atom. The van der Waals surface area contributed by atoms with E-state index in [1.54, 1.807) is 4.90 Å². The third-order valence-corrected chi connectivity index (χ3v) is 5.90. The van der Waals surface area contributed by atoms with Crippen LogP contribution in [0.4, 0.5) is 13.2 Å². The van der Waals surface area contributed by atoms with Crippen LogP contribution in [0.1, 0.15) is 32.6 Å². The van der Waals surface area contributed by atoms with E-state index in [-0.39, 0.29) is 18.4 Å². The van der Waals surface area contributed by atoms with Gasteiger partial charge in [0.2, 0.25) is 5.91 Å². The Balaban J connectivity index is 1.66. The van der Waals surface area contributed by atoms with Gasteiger partial charge in [-0.1, -0.05) is 19.8 Å². The molecule has 0 N–H and O–H groups in total. The predicted octanol–water partition coefficient (Wildman–Crippen LogP) is 2.53. The lowest BCUT2D eigenvalue weighted by Gasteiger charge is -2.35. The van der Waals surface area contributed by atoms with Gasteiger partial charge in [0.25, 0.3) is 0 Å². The van der Waals surface area contributed by atoms with Crippen LogP contribution in [0.25, 0.3) is 0 Å². The van der Waals surface area contributed by atoms with Crippen LogP contribution in [0.2, 0.25) is 0 Å². The number of morpholine rings is 1. The van der Waals surface area contributed by atoms with Crippen molar-refractivity contribution in [2.75, 3.05) is 39.4 Å². The van der Waals surface area contributed by atoms with Crippen LogP contribution in [0.5, 0.6) is 0 Å². The fraction of sp³-hybridized carbons (Fsp3) is 0.941. The minimum absolute atomic E-state index is 0.0934. The molecule has 0 spiro atoms. The van der Waals surface area contributed by atoms with Crippen LogP contribution >= 0.6 is 0 Å². The smallest absolute Gasteiger partial charge is 0.379 e. The van der Waals surface area contributed by atoms with Gasteiger partial charge in [-0.15, -0.1) is 0 Å². The van der Waals surface area contributed by atoms with Gasteiger partial charge in [0.05, 0.1) is 19.1 Å². The molecule has 1 amide bonds. The molecule has 4 unspecified atom stereocenters. The normalized spacial score (nSPS) is 36.1. The lowest BCUT2D eigenvalue weighted by atomic mass is 9.78. The Morgan fingerprint density at radius 2 is 1.75 bits per heavy atom. The number of hydrogen-bond acceptors (Lipinski definition) is 3. The highest BCUT2D eigenvalue weighted by Gasteiger charge is 2.50. The van der Waals surface area contributed by atoms with Crippen LogP contribution in [0.3, 0.4) is 0 Å². The number of carbonyl (C=O) groups is 1. The quantitative estimate of drug-likeness (QED) is 0.769. The Hall–Kier alpha value is -0.820. The largest absolute Gasteiger partial charge is 0.392 e. The minimum Gasteiger partial charge on any atom is -0.379 e.